The van der Waals surface area contributed by atoms with Crippen molar-refractivity contribution in [2.45, 2.75) is 69.0 Å². The number of ether oxygens (including phenoxy) is 1. The minimum absolute atomic E-state index is 0.0426. The first-order valence-corrected chi connectivity index (χ1v) is 11.7. The maximum absolute atomic E-state index is 13.6. The summed E-state index contributed by atoms with van der Waals surface area (Å²) in [4.78, 5) is 41.0. The molecule has 3 aliphatic rings. The van der Waals surface area contributed by atoms with Crippen molar-refractivity contribution < 1.29 is 19.1 Å². The number of nitrogens with zero attached hydrogens (tertiary/aromatic N) is 1. The molecule has 1 aromatic rings. The molecule has 0 radical (unpaired) electrons. The van der Waals surface area contributed by atoms with Crippen LogP contribution in [0.1, 0.15) is 51.4 Å². The van der Waals surface area contributed by atoms with Gasteiger partial charge in [-0.1, -0.05) is 43.2 Å². The number of fused-ring (bicyclic) bond motifs is 2. The predicted molar refractivity (Wildman–Crippen MR) is 122 cm³/mol. The van der Waals surface area contributed by atoms with Crippen molar-refractivity contribution in [2.75, 3.05) is 19.0 Å². The largest absolute Gasteiger partial charge is 0.467 e. The Balaban J connectivity index is 1.56. The Bertz CT molecular complexity index is 871. The van der Waals surface area contributed by atoms with E-state index >= 15 is 0 Å². The first-order chi connectivity index (χ1) is 15.5. The molecule has 0 bridgehead atoms. The number of rotatable bonds is 3. The lowest BCUT2D eigenvalue weighted by molar-refractivity contribution is -0.148. The van der Waals surface area contributed by atoms with E-state index in [2.05, 4.69) is 16.7 Å². The van der Waals surface area contributed by atoms with Gasteiger partial charge in [0.1, 0.15) is 17.6 Å². The van der Waals surface area contributed by atoms with E-state index in [0.717, 1.165) is 44.2 Å². The van der Waals surface area contributed by atoms with E-state index in [1.165, 1.54) is 7.11 Å². The summed E-state index contributed by atoms with van der Waals surface area (Å²) in [5.74, 6) is -0.768. The monoisotopic (exact) mass is 439 g/mol. The average Bonchev–Trinajstić information content (AvgIpc) is 3.27. The van der Waals surface area contributed by atoms with Crippen LogP contribution < -0.4 is 10.6 Å². The van der Waals surface area contributed by atoms with E-state index in [9.17, 15) is 14.4 Å². The number of allylic oxidation sites excluding steroid dienone is 1. The lowest BCUT2D eigenvalue weighted by Crippen LogP contribution is -2.55. The molecule has 1 saturated heterocycles. The van der Waals surface area contributed by atoms with Gasteiger partial charge in [-0.05, 0) is 50.7 Å². The van der Waals surface area contributed by atoms with Crippen molar-refractivity contribution in [1.29, 1.82) is 0 Å². The van der Waals surface area contributed by atoms with Gasteiger partial charge in [-0.2, -0.15) is 0 Å². The van der Waals surface area contributed by atoms with Crippen LogP contribution in [0.5, 0.6) is 0 Å². The molecule has 4 atom stereocenters. The highest BCUT2D eigenvalue weighted by molar-refractivity contribution is 5.96. The first kappa shape index (κ1) is 22.4. The molecule has 1 saturated carbocycles. The summed E-state index contributed by atoms with van der Waals surface area (Å²) in [7, 11) is 1.35. The number of hydrogen-bond donors (Lipinski definition) is 2. The minimum Gasteiger partial charge on any atom is -0.467 e. The van der Waals surface area contributed by atoms with Gasteiger partial charge in [-0.15, -0.1) is 0 Å². The summed E-state index contributed by atoms with van der Waals surface area (Å²) >= 11 is 0. The Hall–Kier alpha value is -2.83. The van der Waals surface area contributed by atoms with Gasteiger partial charge in [0.25, 0.3) is 0 Å². The molecule has 2 fully saturated rings. The van der Waals surface area contributed by atoms with Crippen LogP contribution in [0.4, 0.5) is 5.69 Å². The summed E-state index contributed by atoms with van der Waals surface area (Å²) in [6, 6.07) is 8.80. The standard InChI is InChI=1S/C25H33N3O4/c1-32-24(31)25-17-18(25)11-6-3-2-4-9-14-20(26-19-12-7-5-8-13-19)23(30)28-16-10-15-21(28)22(29)27-25/h5-8,11-13,18,20-21,26H,2-4,9-10,14-17H2,1H3,(H,27,29)/b11-6-/t18-,20+,21+,25-/m1/s1. The van der Waals surface area contributed by atoms with Crippen molar-refractivity contribution in [3.63, 3.8) is 0 Å². The molecule has 7 nitrogen and oxygen atoms in total. The molecule has 32 heavy (non-hydrogen) atoms. The molecule has 0 unspecified atom stereocenters. The van der Waals surface area contributed by atoms with Crippen molar-refractivity contribution >= 4 is 23.5 Å². The Morgan fingerprint density at radius 3 is 2.72 bits per heavy atom. The van der Waals surface area contributed by atoms with E-state index < -0.39 is 17.6 Å². The molecule has 2 aliphatic heterocycles. The van der Waals surface area contributed by atoms with Gasteiger partial charge in [0.15, 0.2) is 0 Å². The maximum Gasteiger partial charge on any atom is 0.332 e. The summed E-state index contributed by atoms with van der Waals surface area (Å²) in [5, 5.41) is 6.36. The zero-order chi connectivity index (χ0) is 22.6. The van der Waals surface area contributed by atoms with Crippen LogP contribution >= 0.6 is 0 Å². The highest BCUT2D eigenvalue weighted by atomic mass is 16.5. The number of anilines is 1. The maximum atomic E-state index is 13.6. The molecular formula is C25H33N3O4. The quantitative estimate of drug-likeness (QED) is 0.558. The van der Waals surface area contributed by atoms with Crippen LogP contribution in [0.2, 0.25) is 0 Å². The van der Waals surface area contributed by atoms with Crippen molar-refractivity contribution in [3.8, 4) is 0 Å². The van der Waals surface area contributed by atoms with Gasteiger partial charge in [-0.25, -0.2) is 4.79 Å². The Morgan fingerprint density at radius 2 is 1.94 bits per heavy atom. The third kappa shape index (κ3) is 4.66. The minimum atomic E-state index is -0.999. The second-order valence-corrected chi connectivity index (χ2v) is 9.08. The van der Waals surface area contributed by atoms with Crippen molar-refractivity contribution in [3.05, 3.63) is 42.5 Å². The van der Waals surface area contributed by atoms with E-state index in [-0.39, 0.29) is 23.8 Å². The molecule has 0 spiro atoms. The topological polar surface area (TPSA) is 87.7 Å². The molecule has 1 aliphatic carbocycles. The molecule has 4 rings (SSSR count). The molecule has 7 heteroatoms. The van der Waals surface area contributed by atoms with Crippen LogP contribution in [0.15, 0.2) is 42.5 Å². The van der Waals surface area contributed by atoms with Crippen LogP contribution in [0.3, 0.4) is 0 Å². The predicted octanol–water partition coefficient (Wildman–Crippen LogP) is 3.03. The summed E-state index contributed by atoms with van der Waals surface area (Å²) < 4.78 is 5.01. The first-order valence-electron chi connectivity index (χ1n) is 11.7. The molecule has 1 aromatic carbocycles. The van der Waals surface area contributed by atoms with E-state index in [1.54, 1.807) is 4.90 Å². The van der Waals surface area contributed by atoms with Gasteiger partial charge in [0.05, 0.1) is 7.11 Å². The third-order valence-corrected chi connectivity index (χ3v) is 6.89. The summed E-state index contributed by atoms with van der Waals surface area (Å²) in [5.41, 5.74) is -0.0982. The fraction of sp³-hybridized carbons (Fsp3) is 0.560. The molecule has 2 N–H and O–H groups in total. The van der Waals surface area contributed by atoms with Gasteiger partial charge >= 0.3 is 5.97 Å². The molecular weight excluding hydrogens is 406 g/mol. The summed E-state index contributed by atoms with van der Waals surface area (Å²) in [6.07, 6.45) is 10.7. The lowest BCUT2D eigenvalue weighted by atomic mass is 10.0. The molecule has 2 heterocycles. The summed E-state index contributed by atoms with van der Waals surface area (Å²) in [6.45, 7) is 0.554. The Kier molecular flexibility index (Phi) is 6.82. The number of carbonyl (C=O) groups is 3. The number of nitrogens with one attached hydrogen (secondary N) is 2. The zero-order valence-electron chi connectivity index (χ0n) is 18.7. The van der Waals surface area contributed by atoms with E-state index in [0.29, 0.717) is 19.4 Å². The number of amides is 2. The van der Waals surface area contributed by atoms with Gasteiger partial charge in [0.2, 0.25) is 11.8 Å². The highest BCUT2D eigenvalue weighted by Crippen LogP contribution is 2.46. The van der Waals surface area contributed by atoms with Crippen LogP contribution in [-0.2, 0) is 19.1 Å². The normalized spacial score (nSPS) is 31.9. The Morgan fingerprint density at radius 1 is 1.12 bits per heavy atom. The van der Waals surface area contributed by atoms with Crippen molar-refractivity contribution in [2.24, 2.45) is 5.92 Å². The van der Waals surface area contributed by atoms with Crippen molar-refractivity contribution in [1.82, 2.24) is 10.2 Å². The van der Waals surface area contributed by atoms with Crippen LogP contribution in [-0.4, -0.2) is 54.0 Å². The van der Waals surface area contributed by atoms with E-state index in [4.69, 9.17) is 4.74 Å². The number of carbonyl (C=O) groups excluding carboxylic acids is 3. The van der Waals surface area contributed by atoms with Crippen LogP contribution in [0, 0.1) is 5.92 Å². The van der Waals surface area contributed by atoms with Gasteiger partial charge < -0.3 is 20.3 Å². The lowest BCUT2D eigenvalue weighted by Gasteiger charge is -2.30. The van der Waals surface area contributed by atoms with Gasteiger partial charge in [0, 0.05) is 18.2 Å². The van der Waals surface area contributed by atoms with Crippen LogP contribution in [0.25, 0.3) is 0 Å². The third-order valence-electron chi connectivity index (χ3n) is 6.89. The SMILES string of the molecule is COC(=O)[C@@]12C[C@H]1/C=C\CCCCC[C@H](Nc1ccccc1)C(=O)N1CCC[C@H]1C(=O)N2. The van der Waals surface area contributed by atoms with Gasteiger partial charge in [-0.3, -0.25) is 9.59 Å². The fourth-order valence-corrected chi connectivity index (χ4v) is 4.98. The average molecular weight is 440 g/mol. The molecule has 172 valence electrons. The number of para-hydroxylation sites is 1. The number of esters is 1. The van der Waals surface area contributed by atoms with E-state index in [1.807, 2.05) is 36.4 Å². The second kappa shape index (κ2) is 9.76. The fourth-order valence-electron chi connectivity index (χ4n) is 4.98. The molecule has 0 aromatic heterocycles. The number of methoxy groups -OCH3 is 1. The zero-order valence-corrected chi connectivity index (χ0v) is 18.7. The molecule has 2 amide bonds. The number of hydrogen-bond acceptors (Lipinski definition) is 5. The number of benzene rings is 1. The highest BCUT2D eigenvalue weighted by Gasteiger charge is 2.61. The Labute approximate surface area is 189 Å². The second-order valence-electron chi connectivity index (χ2n) is 9.08. The smallest absolute Gasteiger partial charge is 0.332 e.